The molecule has 4 aromatic carbocycles. The number of methoxy groups -OCH3 is 2. The van der Waals surface area contributed by atoms with E-state index in [0.29, 0.717) is 27.8 Å². The molecule has 0 aliphatic carbocycles. The summed E-state index contributed by atoms with van der Waals surface area (Å²) in [5.41, 5.74) is 3.42. The number of halogens is 1. The van der Waals surface area contributed by atoms with Gasteiger partial charge in [-0.25, -0.2) is 18.6 Å². The number of hydrogen-bond acceptors (Lipinski definition) is 8. The van der Waals surface area contributed by atoms with Gasteiger partial charge in [0, 0.05) is 5.02 Å². The Bertz CT molecular complexity index is 1690. The van der Waals surface area contributed by atoms with Crippen molar-refractivity contribution >= 4 is 45.4 Å². The summed E-state index contributed by atoms with van der Waals surface area (Å²) >= 11 is 5.84. The number of amides is 1. The summed E-state index contributed by atoms with van der Waals surface area (Å²) in [5, 5.41) is 4.34. The Balaban J connectivity index is 1.38. The lowest BCUT2D eigenvalue weighted by Gasteiger charge is -2.11. The van der Waals surface area contributed by atoms with Gasteiger partial charge in [0.25, 0.3) is 15.9 Å². The number of nitrogens with zero attached hydrogens (tertiary/aromatic N) is 1. The maximum Gasteiger partial charge on any atom is 0.343 e. The second-order valence-corrected chi connectivity index (χ2v) is 10.5. The smallest absolute Gasteiger partial charge is 0.343 e. The van der Waals surface area contributed by atoms with Crippen molar-refractivity contribution in [2.24, 2.45) is 5.10 Å². The fourth-order valence-electron chi connectivity index (χ4n) is 3.56. The average molecular weight is 594 g/mol. The molecule has 0 heterocycles. The first kappa shape index (κ1) is 29.1. The van der Waals surface area contributed by atoms with Gasteiger partial charge in [-0.3, -0.25) is 9.52 Å². The highest BCUT2D eigenvalue weighted by molar-refractivity contribution is 7.92. The van der Waals surface area contributed by atoms with Crippen molar-refractivity contribution in [3.05, 3.63) is 113 Å². The predicted octanol–water partition coefficient (Wildman–Crippen LogP) is 5.14. The topological polar surface area (TPSA) is 132 Å². The zero-order valence-corrected chi connectivity index (χ0v) is 23.4. The van der Waals surface area contributed by atoms with E-state index in [2.05, 4.69) is 15.2 Å². The van der Waals surface area contributed by atoms with Gasteiger partial charge >= 0.3 is 5.97 Å². The van der Waals surface area contributed by atoms with Crippen molar-refractivity contribution in [3.63, 3.8) is 0 Å². The first-order valence-electron chi connectivity index (χ1n) is 12.0. The third-order valence-corrected chi connectivity index (χ3v) is 7.26. The van der Waals surface area contributed by atoms with E-state index in [1.54, 1.807) is 48.5 Å². The van der Waals surface area contributed by atoms with Gasteiger partial charge in [0.2, 0.25) is 0 Å². The number of esters is 1. The summed E-state index contributed by atoms with van der Waals surface area (Å²) in [6, 6.07) is 22.9. The minimum atomic E-state index is -3.96. The van der Waals surface area contributed by atoms with Crippen LogP contribution in [0.2, 0.25) is 5.02 Å². The Morgan fingerprint density at radius 1 is 0.854 bits per heavy atom. The number of carbonyl (C=O) groups excluding carboxylic acids is 2. The van der Waals surface area contributed by atoms with Gasteiger partial charge < -0.3 is 14.2 Å². The first-order valence-corrected chi connectivity index (χ1v) is 13.8. The maximum absolute atomic E-state index is 12.8. The minimum Gasteiger partial charge on any atom is -0.493 e. The standard InChI is InChI=1S/C29H24ClN3O7S/c1-38-26-16-9-20(17-27(26)39-2)29(35)40-22-12-7-19(8-13-22)18-31-32-28(34)24-5-3-4-6-25(24)33-41(36,37)23-14-10-21(30)11-15-23/h3-18,33H,1-2H3,(H,32,34)/b31-18-. The predicted molar refractivity (Wildman–Crippen MR) is 155 cm³/mol. The summed E-state index contributed by atoms with van der Waals surface area (Å²) in [6.07, 6.45) is 1.39. The molecular formula is C29H24ClN3O7S. The lowest BCUT2D eigenvalue weighted by Crippen LogP contribution is -2.21. The molecule has 0 radical (unpaired) electrons. The number of carbonyl (C=O) groups is 2. The summed E-state index contributed by atoms with van der Waals surface area (Å²) in [4.78, 5) is 25.3. The minimum absolute atomic E-state index is 0.00650. The maximum atomic E-state index is 12.8. The van der Waals surface area contributed by atoms with Crippen molar-refractivity contribution in [1.82, 2.24) is 5.43 Å². The van der Waals surface area contributed by atoms with E-state index in [0.717, 1.165) is 0 Å². The molecule has 41 heavy (non-hydrogen) atoms. The molecule has 0 aliphatic rings. The van der Waals surface area contributed by atoms with E-state index < -0.39 is 21.9 Å². The molecule has 0 fully saturated rings. The van der Waals surface area contributed by atoms with Crippen LogP contribution in [0.15, 0.2) is 101 Å². The first-order chi connectivity index (χ1) is 19.7. The van der Waals surface area contributed by atoms with Crippen molar-refractivity contribution in [2.75, 3.05) is 18.9 Å². The van der Waals surface area contributed by atoms with Crippen LogP contribution in [0.4, 0.5) is 5.69 Å². The van der Waals surface area contributed by atoms with Gasteiger partial charge in [0.05, 0.1) is 42.1 Å². The molecule has 10 nitrogen and oxygen atoms in total. The number of benzene rings is 4. The molecule has 0 unspecified atom stereocenters. The number of hydrogen-bond donors (Lipinski definition) is 2. The van der Waals surface area contributed by atoms with Gasteiger partial charge in [-0.2, -0.15) is 5.10 Å². The molecule has 2 N–H and O–H groups in total. The average Bonchev–Trinajstić information content (AvgIpc) is 2.97. The fraction of sp³-hybridized carbons (Fsp3) is 0.0690. The monoisotopic (exact) mass is 593 g/mol. The Kier molecular flexibility index (Phi) is 9.23. The Hall–Kier alpha value is -4.87. The molecule has 0 spiro atoms. The van der Waals surface area contributed by atoms with Crippen LogP contribution in [0.3, 0.4) is 0 Å². The van der Waals surface area contributed by atoms with Crippen molar-refractivity contribution in [1.29, 1.82) is 0 Å². The van der Waals surface area contributed by atoms with E-state index in [1.807, 2.05) is 0 Å². The van der Waals surface area contributed by atoms with Crippen LogP contribution in [0, 0.1) is 0 Å². The molecule has 0 saturated heterocycles. The SMILES string of the molecule is COc1ccc(C(=O)Oc2ccc(/C=N\NC(=O)c3ccccc3NS(=O)(=O)c3ccc(Cl)cc3)cc2)cc1OC. The van der Waals surface area contributed by atoms with E-state index in [4.69, 9.17) is 25.8 Å². The van der Waals surface area contributed by atoms with Crippen molar-refractivity contribution in [2.45, 2.75) is 4.90 Å². The van der Waals surface area contributed by atoms with Gasteiger partial charge in [0.1, 0.15) is 5.75 Å². The second kappa shape index (κ2) is 13.0. The quantitative estimate of drug-likeness (QED) is 0.113. The molecule has 0 atom stereocenters. The summed E-state index contributed by atoms with van der Waals surface area (Å²) in [6.45, 7) is 0. The molecular weight excluding hydrogens is 570 g/mol. The Labute approximate surface area is 241 Å². The van der Waals surface area contributed by atoms with Crippen LogP contribution in [-0.2, 0) is 10.0 Å². The van der Waals surface area contributed by atoms with Gasteiger partial charge in [0.15, 0.2) is 11.5 Å². The van der Waals surface area contributed by atoms with E-state index in [1.165, 1.54) is 62.9 Å². The molecule has 210 valence electrons. The van der Waals surface area contributed by atoms with Crippen molar-refractivity contribution < 1.29 is 32.2 Å². The molecule has 4 rings (SSSR count). The molecule has 0 aliphatic heterocycles. The summed E-state index contributed by atoms with van der Waals surface area (Å²) in [7, 11) is -0.992. The van der Waals surface area contributed by atoms with E-state index >= 15 is 0 Å². The fourth-order valence-corrected chi connectivity index (χ4v) is 4.77. The number of ether oxygens (including phenoxy) is 3. The molecule has 4 aromatic rings. The van der Waals surface area contributed by atoms with Crippen LogP contribution < -0.4 is 24.4 Å². The summed E-state index contributed by atoms with van der Waals surface area (Å²) < 4.78 is 43.7. The molecule has 12 heteroatoms. The normalized spacial score (nSPS) is 11.1. The summed E-state index contributed by atoms with van der Waals surface area (Å²) in [5.74, 6) is -0.0198. The van der Waals surface area contributed by atoms with Gasteiger partial charge in [-0.15, -0.1) is 0 Å². The highest BCUT2D eigenvalue weighted by Crippen LogP contribution is 2.28. The zero-order valence-electron chi connectivity index (χ0n) is 21.8. The molecule has 1 amide bonds. The highest BCUT2D eigenvalue weighted by atomic mass is 35.5. The lowest BCUT2D eigenvalue weighted by molar-refractivity contribution is 0.0734. The van der Waals surface area contributed by atoms with Gasteiger partial charge in [-0.1, -0.05) is 23.7 Å². The number of rotatable bonds is 10. The molecule has 0 saturated carbocycles. The van der Waals surface area contributed by atoms with Crippen molar-refractivity contribution in [3.8, 4) is 17.2 Å². The molecule has 0 bridgehead atoms. The van der Waals surface area contributed by atoms with Crippen LogP contribution >= 0.6 is 11.6 Å². The third kappa shape index (κ3) is 7.41. The highest BCUT2D eigenvalue weighted by Gasteiger charge is 2.18. The Morgan fingerprint density at radius 2 is 1.54 bits per heavy atom. The van der Waals surface area contributed by atoms with E-state index in [9.17, 15) is 18.0 Å². The van der Waals surface area contributed by atoms with E-state index in [-0.39, 0.29) is 21.7 Å². The zero-order chi connectivity index (χ0) is 29.4. The largest absolute Gasteiger partial charge is 0.493 e. The van der Waals surface area contributed by atoms with Crippen LogP contribution in [0.25, 0.3) is 0 Å². The number of para-hydroxylation sites is 1. The Morgan fingerprint density at radius 3 is 2.22 bits per heavy atom. The number of nitrogens with one attached hydrogen (secondary N) is 2. The molecule has 0 aromatic heterocycles. The van der Waals surface area contributed by atoms with Gasteiger partial charge in [-0.05, 0) is 84.4 Å². The lowest BCUT2D eigenvalue weighted by atomic mass is 10.2. The third-order valence-electron chi connectivity index (χ3n) is 5.63. The van der Waals surface area contributed by atoms with Crippen LogP contribution in [0.1, 0.15) is 26.3 Å². The second-order valence-electron chi connectivity index (χ2n) is 8.33. The van der Waals surface area contributed by atoms with Crippen LogP contribution in [-0.4, -0.2) is 40.7 Å². The van der Waals surface area contributed by atoms with Crippen LogP contribution in [0.5, 0.6) is 17.2 Å². The number of hydrazone groups is 1. The number of anilines is 1. The number of sulfonamides is 1.